The molecule has 2 fully saturated rings. The predicted octanol–water partition coefficient (Wildman–Crippen LogP) is 2.08. The van der Waals surface area contributed by atoms with Gasteiger partial charge in [0, 0.05) is 50.4 Å². The van der Waals surface area contributed by atoms with Crippen LogP contribution in [0.3, 0.4) is 0 Å². The zero-order valence-corrected chi connectivity index (χ0v) is 17.5. The lowest BCUT2D eigenvalue weighted by molar-refractivity contribution is -0.128. The minimum Gasteiger partial charge on any atom is -0.352 e. The summed E-state index contributed by atoms with van der Waals surface area (Å²) in [6.07, 6.45) is 7.64. The molecule has 1 aromatic rings. The van der Waals surface area contributed by atoms with Gasteiger partial charge in [-0.15, -0.1) is 0 Å². The highest BCUT2D eigenvalue weighted by Crippen LogP contribution is 2.22. The fraction of sp³-hybridized carbons (Fsp3) is 0.650. The van der Waals surface area contributed by atoms with E-state index in [2.05, 4.69) is 22.2 Å². The van der Waals surface area contributed by atoms with Crippen molar-refractivity contribution >= 4 is 29.5 Å². The normalized spacial score (nSPS) is 18.0. The van der Waals surface area contributed by atoms with Crippen LogP contribution >= 0.6 is 11.6 Å². The summed E-state index contributed by atoms with van der Waals surface area (Å²) in [4.78, 5) is 28.3. The van der Waals surface area contributed by atoms with Crippen LogP contribution in [0, 0.1) is 6.92 Å². The van der Waals surface area contributed by atoms with E-state index in [9.17, 15) is 9.59 Å². The highest BCUT2D eigenvalue weighted by atomic mass is 35.5. The van der Waals surface area contributed by atoms with E-state index in [-0.39, 0.29) is 11.8 Å². The highest BCUT2D eigenvalue weighted by molar-refractivity contribution is 6.31. The van der Waals surface area contributed by atoms with Crippen molar-refractivity contribution in [1.29, 1.82) is 0 Å². The number of nitrogens with one attached hydrogen (secondary N) is 1. The number of nitrogens with zero attached hydrogens (tertiary/aromatic N) is 4. The molecule has 0 radical (unpaired) electrons. The molecule has 1 aromatic heterocycles. The number of aryl methyl sites for hydroxylation is 2. The van der Waals surface area contributed by atoms with Crippen LogP contribution in [0.1, 0.15) is 43.9 Å². The Kier molecular flexibility index (Phi) is 7.13. The SMILES string of the molecule is CCCCn1nc(C)c(/C=C/C(=O)N2CCN(CC(=O)NC3CC3)CC2)c1Cl. The number of rotatable bonds is 8. The maximum atomic E-state index is 12.5. The zero-order chi connectivity index (χ0) is 20.1. The molecule has 0 unspecified atom stereocenters. The monoisotopic (exact) mass is 407 g/mol. The lowest BCUT2D eigenvalue weighted by atomic mass is 10.2. The van der Waals surface area contributed by atoms with Gasteiger partial charge >= 0.3 is 0 Å². The van der Waals surface area contributed by atoms with Gasteiger partial charge in [0.25, 0.3) is 0 Å². The van der Waals surface area contributed by atoms with Crippen molar-refractivity contribution < 1.29 is 9.59 Å². The van der Waals surface area contributed by atoms with Crippen LogP contribution in [0.5, 0.6) is 0 Å². The molecular formula is C20H30ClN5O2. The van der Waals surface area contributed by atoms with Crippen LogP contribution in [0.25, 0.3) is 6.08 Å². The lowest BCUT2D eigenvalue weighted by Gasteiger charge is -2.33. The molecule has 0 atom stereocenters. The van der Waals surface area contributed by atoms with Gasteiger partial charge in [-0.3, -0.25) is 19.2 Å². The van der Waals surface area contributed by atoms with Crippen molar-refractivity contribution in [1.82, 2.24) is 24.9 Å². The molecule has 2 heterocycles. The van der Waals surface area contributed by atoms with Crippen molar-refractivity contribution in [2.45, 2.75) is 52.1 Å². The van der Waals surface area contributed by atoms with E-state index in [0.717, 1.165) is 43.5 Å². The van der Waals surface area contributed by atoms with Gasteiger partial charge in [0.2, 0.25) is 11.8 Å². The Bertz CT molecular complexity index is 733. The summed E-state index contributed by atoms with van der Waals surface area (Å²) < 4.78 is 1.80. The van der Waals surface area contributed by atoms with Crippen molar-refractivity contribution in [2.24, 2.45) is 0 Å². The first-order chi connectivity index (χ1) is 13.5. The third-order valence-electron chi connectivity index (χ3n) is 5.22. The molecule has 3 rings (SSSR count). The van der Waals surface area contributed by atoms with Gasteiger partial charge in [-0.05, 0) is 32.3 Å². The van der Waals surface area contributed by atoms with Gasteiger partial charge < -0.3 is 10.2 Å². The van der Waals surface area contributed by atoms with E-state index >= 15 is 0 Å². The number of hydrogen-bond acceptors (Lipinski definition) is 4. The first-order valence-electron chi connectivity index (χ1n) is 10.2. The van der Waals surface area contributed by atoms with Gasteiger partial charge in [0.15, 0.2) is 0 Å². The zero-order valence-electron chi connectivity index (χ0n) is 16.8. The van der Waals surface area contributed by atoms with Crippen molar-refractivity contribution in [3.05, 3.63) is 22.5 Å². The first kappa shape index (κ1) is 20.9. The van der Waals surface area contributed by atoms with E-state index in [1.807, 2.05) is 11.8 Å². The fourth-order valence-electron chi connectivity index (χ4n) is 3.30. The van der Waals surface area contributed by atoms with Gasteiger partial charge in [-0.2, -0.15) is 5.10 Å². The first-order valence-corrected chi connectivity index (χ1v) is 10.6. The maximum Gasteiger partial charge on any atom is 0.246 e. The second-order valence-electron chi connectivity index (χ2n) is 7.64. The van der Waals surface area contributed by atoms with Gasteiger partial charge in [0.1, 0.15) is 5.15 Å². The van der Waals surface area contributed by atoms with E-state index < -0.39 is 0 Å². The molecule has 1 saturated heterocycles. The summed E-state index contributed by atoms with van der Waals surface area (Å²) in [6.45, 7) is 7.92. The molecule has 154 valence electrons. The molecule has 8 heteroatoms. The molecule has 0 bridgehead atoms. The molecule has 1 aliphatic carbocycles. The second-order valence-corrected chi connectivity index (χ2v) is 8.00. The third kappa shape index (κ3) is 5.58. The molecule has 0 spiro atoms. The third-order valence-corrected chi connectivity index (χ3v) is 5.62. The number of hydrogen-bond donors (Lipinski definition) is 1. The summed E-state index contributed by atoms with van der Waals surface area (Å²) in [5.74, 6) is 0.0613. The molecular weight excluding hydrogens is 378 g/mol. The summed E-state index contributed by atoms with van der Waals surface area (Å²) in [5.41, 5.74) is 1.64. The number of carbonyl (C=O) groups excluding carboxylic acids is 2. The Morgan fingerprint density at radius 1 is 1.25 bits per heavy atom. The summed E-state index contributed by atoms with van der Waals surface area (Å²) in [5, 5.41) is 8.06. The molecule has 1 N–H and O–H groups in total. The highest BCUT2D eigenvalue weighted by Gasteiger charge is 2.26. The Hall–Kier alpha value is -1.86. The number of carbonyl (C=O) groups is 2. The number of amides is 2. The molecule has 0 aromatic carbocycles. The smallest absolute Gasteiger partial charge is 0.246 e. The van der Waals surface area contributed by atoms with Crippen molar-refractivity contribution in [2.75, 3.05) is 32.7 Å². The van der Waals surface area contributed by atoms with Gasteiger partial charge in [0.05, 0.1) is 12.2 Å². The maximum absolute atomic E-state index is 12.5. The molecule has 2 amide bonds. The number of piperazine rings is 1. The summed E-state index contributed by atoms with van der Waals surface area (Å²) in [7, 11) is 0. The predicted molar refractivity (Wildman–Crippen MR) is 110 cm³/mol. The molecule has 2 aliphatic rings. The molecule has 1 saturated carbocycles. The Morgan fingerprint density at radius 3 is 2.61 bits per heavy atom. The van der Waals surface area contributed by atoms with E-state index in [4.69, 9.17) is 11.6 Å². The molecule has 1 aliphatic heterocycles. The molecule has 28 heavy (non-hydrogen) atoms. The summed E-state index contributed by atoms with van der Waals surface area (Å²) in [6, 6.07) is 0.391. The number of unbranched alkanes of at least 4 members (excludes halogenated alkanes) is 1. The van der Waals surface area contributed by atoms with E-state index in [1.54, 1.807) is 16.8 Å². The van der Waals surface area contributed by atoms with E-state index in [1.165, 1.54) is 0 Å². The topological polar surface area (TPSA) is 70.5 Å². The second kappa shape index (κ2) is 9.56. The van der Waals surface area contributed by atoms with Crippen molar-refractivity contribution in [3.63, 3.8) is 0 Å². The van der Waals surface area contributed by atoms with E-state index in [0.29, 0.717) is 43.9 Å². The minimum absolute atomic E-state index is 0.0288. The van der Waals surface area contributed by atoms with Crippen LogP contribution in [-0.4, -0.2) is 70.2 Å². The van der Waals surface area contributed by atoms with Gasteiger partial charge in [-0.1, -0.05) is 24.9 Å². The number of aromatic nitrogens is 2. The fourth-order valence-corrected chi connectivity index (χ4v) is 3.63. The number of halogens is 1. The largest absolute Gasteiger partial charge is 0.352 e. The van der Waals surface area contributed by atoms with Gasteiger partial charge in [-0.25, -0.2) is 0 Å². The summed E-state index contributed by atoms with van der Waals surface area (Å²) >= 11 is 6.42. The van der Waals surface area contributed by atoms with Crippen molar-refractivity contribution in [3.8, 4) is 0 Å². The average Bonchev–Trinajstić information content (AvgIpc) is 3.44. The Labute approximate surface area is 171 Å². The standard InChI is InChI=1S/C20H30ClN5O2/c1-3-4-9-26-20(21)17(15(2)23-26)7-8-19(28)25-12-10-24(11-13-25)14-18(27)22-16-5-6-16/h7-8,16H,3-6,9-14H2,1-2H3,(H,22,27)/b8-7+. The molecule has 7 nitrogen and oxygen atoms in total. The lowest BCUT2D eigenvalue weighted by Crippen LogP contribution is -2.51. The van der Waals surface area contributed by atoms with Crippen LogP contribution in [0.2, 0.25) is 5.15 Å². The van der Waals surface area contributed by atoms with Crippen LogP contribution < -0.4 is 5.32 Å². The van der Waals surface area contributed by atoms with Crippen LogP contribution in [0.15, 0.2) is 6.08 Å². The Balaban J connectivity index is 1.48. The average molecular weight is 408 g/mol. The quantitative estimate of drug-likeness (QED) is 0.670. The Morgan fingerprint density at radius 2 is 1.96 bits per heavy atom. The van der Waals surface area contributed by atoms with Crippen LogP contribution in [0.4, 0.5) is 0 Å². The van der Waals surface area contributed by atoms with Crippen LogP contribution in [-0.2, 0) is 16.1 Å². The minimum atomic E-state index is -0.0288.